The van der Waals surface area contributed by atoms with E-state index in [1.54, 1.807) is 6.20 Å². The molecule has 164 valence electrons. The number of carbonyl (C=O) groups is 1. The van der Waals surface area contributed by atoms with Gasteiger partial charge in [-0.05, 0) is 42.5 Å². The summed E-state index contributed by atoms with van der Waals surface area (Å²) in [5.41, 5.74) is 6.40. The normalized spacial score (nSPS) is 21.4. The van der Waals surface area contributed by atoms with Gasteiger partial charge in [0.2, 0.25) is 0 Å². The molecule has 7 nitrogen and oxygen atoms in total. The maximum absolute atomic E-state index is 11.5. The van der Waals surface area contributed by atoms with Crippen LogP contribution in [0.2, 0.25) is 0 Å². The van der Waals surface area contributed by atoms with E-state index in [4.69, 9.17) is 0 Å². The van der Waals surface area contributed by atoms with Crippen LogP contribution in [0.15, 0.2) is 60.4 Å². The first-order valence-electron chi connectivity index (χ1n) is 11.0. The summed E-state index contributed by atoms with van der Waals surface area (Å²) in [5.74, 6) is 0. The summed E-state index contributed by atoms with van der Waals surface area (Å²) in [4.78, 5) is 20.9. The molecule has 3 aliphatic rings. The third-order valence-corrected chi connectivity index (χ3v) is 6.11. The van der Waals surface area contributed by atoms with Gasteiger partial charge >= 0.3 is 6.03 Å². The summed E-state index contributed by atoms with van der Waals surface area (Å²) >= 11 is 0. The van der Waals surface area contributed by atoms with Gasteiger partial charge in [-0.25, -0.2) is 4.79 Å². The number of hydrogen-bond donors (Lipinski definition) is 3. The topological polar surface area (TPSA) is 72.5 Å². The molecule has 0 saturated carbocycles. The van der Waals surface area contributed by atoms with Crippen molar-refractivity contribution in [3.05, 3.63) is 82.8 Å². The Hall–Kier alpha value is -3.42. The summed E-state index contributed by atoms with van der Waals surface area (Å²) in [5, 5.41) is 8.88. The molecule has 1 fully saturated rings. The number of carbonyl (C=O) groups excluding carboxylic acids is 1. The van der Waals surface area contributed by atoms with Crippen molar-refractivity contribution in [2.45, 2.75) is 12.7 Å². The van der Waals surface area contributed by atoms with Crippen LogP contribution in [-0.4, -0.2) is 60.2 Å². The van der Waals surface area contributed by atoms with Crippen LogP contribution in [0.1, 0.15) is 22.4 Å². The third-order valence-electron chi connectivity index (χ3n) is 6.11. The fourth-order valence-electron chi connectivity index (χ4n) is 4.15. The Balaban J connectivity index is 1.22. The molecule has 4 heterocycles. The van der Waals surface area contributed by atoms with Crippen molar-refractivity contribution in [3.63, 3.8) is 0 Å². The molecule has 3 N–H and O–H groups in total. The average molecular weight is 429 g/mol. The van der Waals surface area contributed by atoms with E-state index in [1.807, 2.05) is 30.5 Å². The molecule has 32 heavy (non-hydrogen) atoms. The molecule has 1 saturated heterocycles. The molecule has 1 aromatic carbocycles. The van der Waals surface area contributed by atoms with Crippen LogP contribution in [0, 0.1) is 0 Å². The first-order valence-corrected chi connectivity index (χ1v) is 11.0. The van der Waals surface area contributed by atoms with Crippen LogP contribution in [-0.2, 0) is 6.54 Å². The maximum Gasteiger partial charge on any atom is 0.320 e. The minimum Gasteiger partial charge on any atom is -0.361 e. The SMILES string of the molecule is CN1CCN(Cc2ccc(C=Cc3cc(C4=CC5=CNC(=O)NC5N4)ccn3)cc2)CC1. The van der Waals surface area contributed by atoms with Gasteiger partial charge in [-0.2, -0.15) is 0 Å². The van der Waals surface area contributed by atoms with Gasteiger partial charge in [0.15, 0.2) is 0 Å². The zero-order chi connectivity index (χ0) is 21.9. The van der Waals surface area contributed by atoms with Crippen LogP contribution in [0.4, 0.5) is 4.79 Å². The van der Waals surface area contributed by atoms with Crippen molar-refractivity contribution in [3.8, 4) is 0 Å². The first kappa shape index (κ1) is 20.5. The summed E-state index contributed by atoms with van der Waals surface area (Å²) < 4.78 is 0. The average Bonchev–Trinajstić information content (AvgIpc) is 3.24. The van der Waals surface area contributed by atoms with E-state index in [0.717, 1.165) is 60.8 Å². The van der Waals surface area contributed by atoms with E-state index in [-0.39, 0.29) is 12.2 Å². The number of benzene rings is 1. The molecule has 2 aromatic rings. The van der Waals surface area contributed by atoms with E-state index in [9.17, 15) is 4.79 Å². The first-order chi connectivity index (χ1) is 15.6. The number of pyridine rings is 1. The fourth-order valence-corrected chi connectivity index (χ4v) is 4.15. The second-order valence-corrected chi connectivity index (χ2v) is 8.52. The number of hydrogen-bond acceptors (Lipinski definition) is 5. The van der Waals surface area contributed by atoms with Gasteiger partial charge in [0.05, 0.1) is 5.69 Å². The Morgan fingerprint density at radius 1 is 1.06 bits per heavy atom. The highest BCUT2D eigenvalue weighted by Gasteiger charge is 2.26. The standard InChI is InChI=1S/C25H28N6O/c1-30-10-12-31(13-11-30)17-19-4-2-18(3-5-19)6-7-22-14-20(8-9-26-22)23-15-21-16-27-25(32)29-24(21)28-23/h2-9,14-16,24,28H,10-13,17H2,1H3,(H2,27,29,32). The van der Waals surface area contributed by atoms with Crippen LogP contribution in [0.3, 0.4) is 0 Å². The highest BCUT2D eigenvalue weighted by atomic mass is 16.2. The van der Waals surface area contributed by atoms with Crippen molar-refractivity contribution in [1.29, 1.82) is 0 Å². The van der Waals surface area contributed by atoms with Crippen molar-refractivity contribution in [2.24, 2.45) is 0 Å². The summed E-state index contributed by atoms with van der Waals surface area (Å²) in [6.07, 6.45) is 9.52. The van der Waals surface area contributed by atoms with Gasteiger partial charge in [-0.3, -0.25) is 9.88 Å². The monoisotopic (exact) mass is 428 g/mol. The number of likely N-dealkylation sites (N-methyl/N-ethyl adjacent to an activating group) is 1. The summed E-state index contributed by atoms with van der Waals surface area (Å²) in [6, 6.07) is 12.6. The van der Waals surface area contributed by atoms with Crippen molar-refractivity contribution < 1.29 is 4.79 Å². The molecular formula is C25H28N6O. The van der Waals surface area contributed by atoms with Crippen LogP contribution in [0.5, 0.6) is 0 Å². The number of amides is 2. The smallest absolute Gasteiger partial charge is 0.320 e. The molecule has 5 rings (SSSR count). The second-order valence-electron chi connectivity index (χ2n) is 8.52. The van der Waals surface area contributed by atoms with E-state index >= 15 is 0 Å². The molecule has 0 bridgehead atoms. The predicted octanol–water partition coefficient (Wildman–Crippen LogP) is 2.47. The van der Waals surface area contributed by atoms with Gasteiger partial charge < -0.3 is 20.9 Å². The van der Waals surface area contributed by atoms with Crippen molar-refractivity contribution in [2.75, 3.05) is 33.2 Å². The van der Waals surface area contributed by atoms with Gasteiger partial charge in [-0.1, -0.05) is 30.3 Å². The predicted molar refractivity (Wildman–Crippen MR) is 127 cm³/mol. The zero-order valence-electron chi connectivity index (χ0n) is 18.2. The lowest BCUT2D eigenvalue weighted by atomic mass is 10.1. The molecule has 1 aromatic heterocycles. The molecular weight excluding hydrogens is 400 g/mol. The molecule has 3 aliphatic heterocycles. The Morgan fingerprint density at radius 2 is 1.88 bits per heavy atom. The maximum atomic E-state index is 11.5. The molecule has 1 unspecified atom stereocenters. The lowest BCUT2D eigenvalue weighted by Gasteiger charge is -2.32. The zero-order valence-corrected chi connectivity index (χ0v) is 18.2. The van der Waals surface area contributed by atoms with Gasteiger partial charge in [0.1, 0.15) is 6.17 Å². The molecule has 0 spiro atoms. The van der Waals surface area contributed by atoms with Gasteiger partial charge in [-0.15, -0.1) is 0 Å². The number of piperazine rings is 1. The second kappa shape index (κ2) is 8.98. The lowest BCUT2D eigenvalue weighted by Crippen LogP contribution is -2.49. The minimum atomic E-state index is -0.200. The molecule has 2 amide bonds. The lowest BCUT2D eigenvalue weighted by molar-refractivity contribution is 0.148. The number of urea groups is 1. The van der Waals surface area contributed by atoms with E-state index in [2.05, 4.69) is 68.1 Å². The molecule has 0 radical (unpaired) electrons. The summed E-state index contributed by atoms with van der Waals surface area (Å²) in [6.45, 7) is 5.56. The number of nitrogens with one attached hydrogen (secondary N) is 3. The Labute approximate surface area is 188 Å². The van der Waals surface area contributed by atoms with E-state index in [1.165, 1.54) is 5.56 Å². The highest BCUT2D eigenvalue weighted by Crippen LogP contribution is 2.24. The van der Waals surface area contributed by atoms with E-state index < -0.39 is 0 Å². The number of aromatic nitrogens is 1. The number of fused-ring (bicyclic) bond motifs is 1. The van der Waals surface area contributed by atoms with E-state index in [0.29, 0.717) is 0 Å². The number of nitrogens with zero attached hydrogens (tertiary/aromatic N) is 3. The molecule has 1 atom stereocenters. The molecule has 7 heteroatoms. The third kappa shape index (κ3) is 4.74. The fraction of sp³-hybridized carbons (Fsp3) is 0.280. The quantitative estimate of drug-likeness (QED) is 0.683. The summed E-state index contributed by atoms with van der Waals surface area (Å²) in [7, 11) is 2.19. The largest absolute Gasteiger partial charge is 0.361 e. The number of rotatable bonds is 5. The Morgan fingerprint density at radius 3 is 2.69 bits per heavy atom. The van der Waals surface area contributed by atoms with Gasteiger partial charge in [0.25, 0.3) is 0 Å². The minimum absolute atomic E-state index is 0.185. The van der Waals surface area contributed by atoms with Crippen molar-refractivity contribution >= 4 is 23.9 Å². The van der Waals surface area contributed by atoms with Crippen LogP contribution < -0.4 is 16.0 Å². The Bertz CT molecular complexity index is 1080. The highest BCUT2D eigenvalue weighted by molar-refractivity contribution is 5.81. The van der Waals surface area contributed by atoms with Crippen molar-refractivity contribution in [1.82, 2.24) is 30.7 Å². The Kier molecular flexibility index (Phi) is 5.75. The van der Waals surface area contributed by atoms with Crippen LogP contribution in [0.25, 0.3) is 17.8 Å². The molecule has 0 aliphatic carbocycles. The van der Waals surface area contributed by atoms with Gasteiger partial charge in [0, 0.05) is 62.0 Å². The van der Waals surface area contributed by atoms with Crippen LogP contribution >= 0.6 is 0 Å².